The van der Waals surface area contributed by atoms with Gasteiger partial charge in [-0.2, -0.15) is 13.2 Å². The van der Waals surface area contributed by atoms with E-state index in [1.54, 1.807) is 33.8 Å². The topological polar surface area (TPSA) is 7.94 Å². The van der Waals surface area contributed by atoms with Crippen molar-refractivity contribution in [1.29, 1.82) is 0 Å². The minimum absolute atomic E-state index is 0.271. The number of allylic oxidation sites excluding steroid dienone is 2. The Morgan fingerprint density at radius 1 is 1.03 bits per heavy atom. The normalized spacial score (nSPS) is 18.4. The second-order valence-corrected chi connectivity index (χ2v) is 9.69. The summed E-state index contributed by atoms with van der Waals surface area (Å²) in [4.78, 5) is 0. The van der Waals surface area contributed by atoms with Crippen LogP contribution in [0.4, 0.5) is 21.8 Å². The van der Waals surface area contributed by atoms with Crippen LogP contribution in [0.15, 0.2) is 39.1 Å². The number of hydrogen-bond acceptors (Lipinski definition) is 0. The van der Waals surface area contributed by atoms with E-state index in [4.69, 9.17) is 0 Å². The average molecular weight is 644 g/mol. The molecule has 0 unspecified atom stereocenters. The fraction of sp³-hybridized carbons (Fsp3) is 0.250. The number of nitrogens with zero attached hydrogens (tertiary/aromatic N) is 2. The molecule has 10 heteroatoms. The van der Waals surface area contributed by atoms with Crippen LogP contribution in [0.1, 0.15) is 41.9 Å². The van der Waals surface area contributed by atoms with E-state index in [2.05, 4.69) is 0 Å². The standard InChI is InChI=1S/C20H16BF5I2N2/c1-9-16(27)11(3)29-18(9)15(13-6-5-7-14(8-13)20(22,23)24)19-10(2)17(28)12(4)30(19)21(29,25)26/h5-8H,1-4H3. The smallest absolute Gasteiger partial charge is 0.392 e. The van der Waals surface area contributed by atoms with E-state index in [1.807, 2.05) is 45.2 Å². The van der Waals surface area contributed by atoms with Crippen molar-refractivity contribution < 1.29 is 26.3 Å². The molecule has 1 aromatic carbocycles. The molecule has 2 aliphatic heterocycles. The molecule has 4 rings (SSSR count). The summed E-state index contributed by atoms with van der Waals surface area (Å²) in [6.07, 6.45) is -4.53. The monoisotopic (exact) mass is 644 g/mol. The van der Waals surface area contributed by atoms with Crippen LogP contribution in [0.2, 0.25) is 0 Å². The molecule has 0 bridgehead atoms. The molecule has 158 valence electrons. The molecule has 2 nitrogen and oxygen atoms in total. The maximum Gasteiger partial charge on any atom is 0.737 e. The molecular weight excluding hydrogens is 628 g/mol. The Bertz CT molecular complexity index is 1220. The van der Waals surface area contributed by atoms with Crippen LogP contribution in [0.5, 0.6) is 0 Å². The number of rotatable bonds is 1. The van der Waals surface area contributed by atoms with Crippen molar-refractivity contribution in [3.63, 3.8) is 0 Å². The zero-order chi connectivity index (χ0) is 22.3. The zero-order valence-corrected chi connectivity index (χ0v) is 20.7. The Morgan fingerprint density at radius 3 is 2.27 bits per heavy atom. The first-order chi connectivity index (χ1) is 13.8. The van der Waals surface area contributed by atoms with E-state index in [0.717, 1.165) is 21.1 Å². The minimum atomic E-state index is -4.53. The Balaban J connectivity index is 2.19. The number of fused-ring (bicyclic) bond motifs is 2. The number of hydrogen-bond donors (Lipinski definition) is 0. The van der Waals surface area contributed by atoms with Gasteiger partial charge in [-0.25, -0.2) is 0 Å². The summed E-state index contributed by atoms with van der Waals surface area (Å²) >= 11 is 4.06. The van der Waals surface area contributed by atoms with Crippen LogP contribution in [-0.4, -0.2) is 21.6 Å². The molecule has 0 amide bonds. The van der Waals surface area contributed by atoms with Crippen molar-refractivity contribution in [3.8, 4) is 0 Å². The van der Waals surface area contributed by atoms with Crippen molar-refractivity contribution in [2.75, 3.05) is 0 Å². The van der Waals surface area contributed by atoms with E-state index in [9.17, 15) is 13.2 Å². The zero-order valence-electron chi connectivity index (χ0n) is 16.4. The Kier molecular flexibility index (Phi) is 5.08. The van der Waals surface area contributed by atoms with Gasteiger partial charge < -0.3 is 17.6 Å². The summed E-state index contributed by atoms with van der Waals surface area (Å²) in [5.74, 6) is 0. The fourth-order valence-electron chi connectivity index (χ4n) is 4.40. The van der Waals surface area contributed by atoms with Gasteiger partial charge in [0, 0.05) is 21.8 Å². The van der Waals surface area contributed by atoms with Crippen molar-refractivity contribution >= 4 is 63.4 Å². The lowest BCUT2D eigenvalue weighted by Crippen LogP contribution is -2.51. The van der Waals surface area contributed by atoms with Crippen molar-refractivity contribution in [2.24, 2.45) is 0 Å². The highest BCUT2D eigenvalue weighted by Crippen LogP contribution is 2.48. The summed E-state index contributed by atoms with van der Waals surface area (Å²) in [5, 5.41) is 0. The molecule has 0 saturated carbocycles. The van der Waals surface area contributed by atoms with E-state index in [-0.39, 0.29) is 17.0 Å². The quantitative estimate of drug-likeness (QED) is 0.181. The average Bonchev–Trinajstić information content (AvgIpc) is 3.03. The predicted octanol–water partition coefficient (Wildman–Crippen LogP) is 6.92. The molecule has 0 spiro atoms. The highest BCUT2D eigenvalue weighted by Gasteiger charge is 2.56. The molecule has 2 aliphatic rings. The molecule has 1 aromatic heterocycles. The van der Waals surface area contributed by atoms with E-state index in [1.165, 1.54) is 6.07 Å². The molecule has 0 radical (unpaired) electrons. The van der Waals surface area contributed by atoms with Crippen molar-refractivity contribution in [3.05, 3.63) is 70.8 Å². The fourth-order valence-corrected chi connectivity index (χ4v) is 5.43. The van der Waals surface area contributed by atoms with Gasteiger partial charge in [0.2, 0.25) is 0 Å². The van der Waals surface area contributed by atoms with Crippen molar-refractivity contribution in [2.45, 2.75) is 33.9 Å². The van der Waals surface area contributed by atoms with Gasteiger partial charge in [0.15, 0.2) is 5.70 Å². The largest absolute Gasteiger partial charge is 0.737 e. The van der Waals surface area contributed by atoms with E-state index in [0.29, 0.717) is 35.3 Å². The van der Waals surface area contributed by atoms with Crippen LogP contribution >= 0.6 is 45.2 Å². The van der Waals surface area contributed by atoms with Crippen LogP contribution < -0.4 is 0 Å². The number of alkyl halides is 3. The predicted molar refractivity (Wildman–Crippen MR) is 125 cm³/mol. The molecule has 0 saturated heterocycles. The molecule has 2 aromatic rings. The molecule has 0 aliphatic carbocycles. The van der Waals surface area contributed by atoms with Crippen molar-refractivity contribution in [1.82, 2.24) is 4.48 Å². The summed E-state index contributed by atoms with van der Waals surface area (Å²) in [6, 6.07) is 4.92. The summed E-state index contributed by atoms with van der Waals surface area (Å²) in [7, 11) is 0. The van der Waals surface area contributed by atoms with Gasteiger partial charge in [0.1, 0.15) is 5.71 Å². The molecule has 30 heavy (non-hydrogen) atoms. The van der Waals surface area contributed by atoms with E-state index >= 15 is 8.63 Å². The summed E-state index contributed by atoms with van der Waals surface area (Å²) in [5.41, 5.74) is 2.53. The minimum Gasteiger partial charge on any atom is -0.392 e. The third-order valence-electron chi connectivity index (χ3n) is 5.78. The van der Waals surface area contributed by atoms with Crippen LogP contribution in [-0.2, 0) is 6.18 Å². The van der Waals surface area contributed by atoms with Gasteiger partial charge in [0.05, 0.1) is 14.7 Å². The number of aromatic nitrogens is 1. The maximum absolute atomic E-state index is 15.8. The second-order valence-electron chi connectivity index (χ2n) is 7.53. The molecule has 0 N–H and O–H groups in total. The van der Waals surface area contributed by atoms with Gasteiger partial charge in [0.25, 0.3) is 0 Å². The first-order valence-corrected chi connectivity index (χ1v) is 11.3. The molecule has 3 heterocycles. The highest BCUT2D eigenvalue weighted by atomic mass is 127. The third kappa shape index (κ3) is 2.88. The third-order valence-corrected chi connectivity index (χ3v) is 8.96. The SMILES string of the molecule is CC1=C(I)C(C)=[N+]2C1=C(c1cccc(C(F)(F)F)c1)c1c(C)c(I)c(C)n1[B-]2(F)F. The lowest BCUT2D eigenvalue weighted by atomic mass is 9.83. The highest BCUT2D eigenvalue weighted by molar-refractivity contribution is 14.1. The maximum atomic E-state index is 15.8. The number of benzene rings is 1. The van der Waals surface area contributed by atoms with Gasteiger partial charge >= 0.3 is 13.1 Å². The van der Waals surface area contributed by atoms with Gasteiger partial charge in [-0.05, 0) is 94.9 Å². The van der Waals surface area contributed by atoms with Gasteiger partial charge in [-0.1, -0.05) is 12.1 Å². The lowest BCUT2D eigenvalue weighted by Gasteiger charge is -2.34. The van der Waals surface area contributed by atoms with Crippen LogP contribution in [0, 0.1) is 17.4 Å². The lowest BCUT2D eigenvalue weighted by molar-refractivity contribution is -0.363. The Morgan fingerprint density at radius 2 is 1.67 bits per heavy atom. The molecule has 0 fully saturated rings. The van der Waals surface area contributed by atoms with Gasteiger partial charge in [-0.15, -0.1) is 0 Å². The molecule has 0 atom stereocenters. The Labute approximate surface area is 197 Å². The second kappa shape index (κ2) is 6.91. The van der Waals surface area contributed by atoms with Gasteiger partial charge in [-0.3, -0.25) is 0 Å². The molecular formula is C20H16BF5I2N2. The summed E-state index contributed by atoms with van der Waals surface area (Å²) < 4.78 is 75.3. The van der Waals surface area contributed by atoms with E-state index < -0.39 is 18.7 Å². The van der Waals surface area contributed by atoms with Crippen LogP contribution in [0.3, 0.4) is 0 Å². The first-order valence-electron chi connectivity index (χ1n) is 9.11. The van der Waals surface area contributed by atoms with Crippen LogP contribution in [0.25, 0.3) is 5.57 Å². The number of halogens is 7. The Hall–Kier alpha value is -1.18. The summed E-state index contributed by atoms with van der Waals surface area (Å²) in [6.45, 7) is 2.54. The first kappa shape index (κ1) is 22.0.